The van der Waals surface area contributed by atoms with Crippen molar-refractivity contribution in [3.05, 3.63) is 47.4 Å². The van der Waals surface area contributed by atoms with Gasteiger partial charge in [-0.2, -0.15) is 10.2 Å². The summed E-state index contributed by atoms with van der Waals surface area (Å²) in [6, 6.07) is 9.73. The highest BCUT2D eigenvalue weighted by molar-refractivity contribution is 6.04. The minimum absolute atomic E-state index is 0.0569. The fourth-order valence-corrected chi connectivity index (χ4v) is 3.78. The molecule has 1 unspecified atom stereocenters. The van der Waals surface area contributed by atoms with Gasteiger partial charge in [-0.15, -0.1) is 0 Å². The average Bonchev–Trinajstić information content (AvgIpc) is 3.34. The number of amides is 1. The first-order chi connectivity index (χ1) is 12.6. The number of fused-ring (bicyclic) bond motifs is 2. The highest BCUT2D eigenvalue weighted by Crippen LogP contribution is 2.40. The summed E-state index contributed by atoms with van der Waals surface area (Å²) in [5, 5.41) is 20.2. The molecule has 2 aromatic heterocycles. The Bertz CT molecular complexity index is 1000. The fourth-order valence-electron chi connectivity index (χ4n) is 3.78. The number of hydrogen-bond acceptors (Lipinski definition) is 4. The number of para-hydroxylation sites is 1. The van der Waals surface area contributed by atoms with Crippen molar-refractivity contribution in [2.75, 3.05) is 6.54 Å². The van der Waals surface area contributed by atoms with E-state index in [0.717, 1.165) is 35.1 Å². The van der Waals surface area contributed by atoms with Gasteiger partial charge in [0.15, 0.2) is 5.69 Å². The number of aromatic nitrogens is 4. The monoisotopic (exact) mass is 351 g/mol. The van der Waals surface area contributed by atoms with E-state index in [1.54, 1.807) is 4.68 Å². The lowest BCUT2D eigenvalue weighted by molar-refractivity contribution is 0.0700. The smallest absolute Gasteiger partial charge is 0.275 e. The predicted octanol–water partition coefficient (Wildman–Crippen LogP) is 1.87. The van der Waals surface area contributed by atoms with Crippen LogP contribution in [0.4, 0.5) is 0 Å². The number of aliphatic hydroxyl groups is 1. The normalized spacial score (nSPS) is 18.2. The number of aryl methyl sites for hydroxylation is 1. The van der Waals surface area contributed by atoms with Crippen molar-refractivity contribution in [3.63, 3.8) is 0 Å². The Kier molecular flexibility index (Phi) is 3.40. The molecule has 1 atom stereocenters. The van der Waals surface area contributed by atoms with Gasteiger partial charge in [0, 0.05) is 19.0 Å². The van der Waals surface area contributed by atoms with E-state index in [4.69, 9.17) is 0 Å². The van der Waals surface area contributed by atoms with Gasteiger partial charge in [-0.1, -0.05) is 18.2 Å². The van der Waals surface area contributed by atoms with Crippen LogP contribution in [0.15, 0.2) is 30.3 Å². The van der Waals surface area contributed by atoms with Crippen molar-refractivity contribution in [1.29, 1.82) is 0 Å². The molecule has 3 heterocycles. The van der Waals surface area contributed by atoms with E-state index in [-0.39, 0.29) is 5.91 Å². The van der Waals surface area contributed by atoms with Crippen molar-refractivity contribution in [2.45, 2.75) is 32.0 Å². The van der Waals surface area contributed by atoms with Crippen molar-refractivity contribution < 1.29 is 9.90 Å². The van der Waals surface area contributed by atoms with Gasteiger partial charge in [0.05, 0.1) is 30.0 Å². The molecule has 7 heteroatoms. The van der Waals surface area contributed by atoms with Crippen LogP contribution in [0.1, 0.15) is 40.8 Å². The summed E-state index contributed by atoms with van der Waals surface area (Å²) >= 11 is 0. The van der Waals surface area contributed by atoms with Gasteiger partial charge >= 0.3 is 0 Å². The molecule has 0 spiro atoms. The Balaban J connectivity index is 1.42. The first-order valence-electron chi connectivity index (χ1n) is 9.07. The number of aliphatic hydroxyl groups excluding tert-OH is 1. The Hall–Kier alpha value is -2.67. The van der Waals surface area contributed by atoms with Crippen LogP contribution in [0.2, 0.25) is 0 Å². The molecule has 1 aliphatic carbocycles. The Morgan fingerprint density at radius 2 is 2.04 bits per heavy atom. The van der Waals surface area contributed by atoms with Gasteiger partial charge in [0.1, 0.15) is 6.10 Å². The van der Waals surface area contributed by atoms with E-state index in [2.05, 4.69) is 10.2 Å². The van der Waals surface area contributed by atoms with Crippen molar-refractivity contribution in [1.82, 2.24) is 24.5 Å². The van der Waals surface area contributed by atoms with E-state index in [1.165, 1.54) is 0 Å². The zero-order valence-corrected chi connectivity index (χ0v) is 14.7. The first-order valence-corrected chi connectivity index (χ1v) is 9.07. The van der Waals surface area contributed by atoms with Crippen molar-refractivity contribution in [3.8, 4) is 0 Å². The molecule has 1 aliphatic heterocycles. The van der Waals surface area contributed by atoms with E-state index < -0.39 is 6.10 Å². The van der Waals surface area contributed by atoms with Crippen LogP contribution in [-0.2, 0) is 20.1 Å². The number of carbonyl (C=O) groups excluding carboxylic acids is 1. The quantitative estimate of drug-likeness (QED) is 0.782. The molecule has 134 valence electrons. The molecule has 5 rings (SSSR count). The van der Waals surface area contributed by atoms with Crippen LogP contribution < -0.4 is 0 Å². The topological polar surface area (TPSA) is 76.2 Å². The Labute approximate surface area is 150 Å². The Morgan fingerprint density at radius 1 is 1.23 bits per heavy atom. The third kappa shape index (κ3) is 2.42. The highest BCUT2D eigenvalue weighted by atomic mass is 16.3. The standard InChI is InChI=1S/C19H21N5O2/c1-22-16-5-3-2-4-14(16)17(21-22)19(26)23-8-9-24-13(11-23)10-15(20-24)18(25)12-6-7-12/h2-5,10,12,18,25H,6-9,11H2,1H3. The second kappa shape index (κ2) is 5.67. The van der Waals surface area contributed by atoms with Crippen LogP contribution in [0, 0.1) is 5.92 Å². The average molecular weight is 351 g/mol. The molecule has 1 fully saturated rings. The minimum Gasteiger partial charge on any atom is -0.386 e. The molecule has 0 saturated heterocycles. The second-order valence-electron chi connectivity index (χ2n) is 7.28. The highest BCUT2D eigenvalue weighted by Gasteiger charge is 2.34. The lowest BCUT2D eigenvalue weighted by Crippen LogP contribution is -2.38. The number of rotatable bonds is 3. The van der Waals surface area contributed by atoms with E-state index >= 15 is 0 Å². The van der Waals surface area contributed by atoms with Crippen LogP contribution in [0.3, 0.4) is 0 Å². The van der Waals surface area contributed by atoms with Gasteiger partial charge in [-0.3, -0.25) is 14.2 Å². The molecule has 7 nitrogen and oxygen atoms in total. The fraction of sp³-hybridized carbons (Fsp3) is 0.421. The molecular weight excluding hydrogens is 330 g/mol. The van der Waals surface area contributed by atoms with Gasteiger partial charge in [-0.25, -0.2) is 0 Å². The van der Waals surface area contributed by atoms with Gasteiger partial charge in [-0.05, 0) is 30.9 Å². The largest absolute Gasteiger partial charge is 0.386 e. The summed E-state index contributed by atoms with van der Waals surface area (Å²) in [7, 11) is 1.86. The molecular formula is C19H21N5O2. The summed E-state index contributed by atoms with van der Waals surface area (Å²) in [4.78, 5) is 14.9. The molecule has 3 aromatic rings. The molecule has 26 heavy (non-hydrogen) atoms. The summed E-state index contributed by atoms with van der Waals surface area (Å²) in [5.41, 5.74) is 3.15. The summed E-state index contributed by atoms with van der Waals surface area (Å²) in [5.74, 6) is 0.295. The van der Waals surface area contributed by atoms with E-state index in [0.29, 0.717) is 31.2 Å². The molecule has 1 saturated carbocycles. The SMILES string of the molecule is Cn1nc(C(=O)N2CCn3nc(C(O)C4CC4)cc3C2)c2ccccc21. The maximum Gasteiger partial charge on any atom is 0.275 e. The maximum absolute atomic E-state index is 13.1. The van der Waals surface area contributed by atoms with Crippen LogP contribution in [-0.4, -0.2) is 42.0 Å². The third-order valence-electron chi connectivity index (χ3n) is 5.44. The molecule has 0 radical (unpaired) electrons. The van der Waals surface area contributed by atoms with Crippen molar-refractivity contribution >= 4 is 16.8 Å². The Morgan fingerprint density at radius 3 is 2.85 bits per heavy atom. The van der Waals surface area contributed by atoms with E-state index in [1.807, 2.05) is 47.0 Å². The number of benzene rings is 1. The molecule has 1 amide bonds. The number of hydrogen-bond donors (Lipinski definition) is 1. The molecule has 2 aliphatic rings. The van der Waals surface area contributed by atoms with Crippen LogP contribution in [0.25, 0.3) is 10.9 Å². The van der Waals surface area contributed by atoms with Gasteiger partial charge in [0.2, 0.25) is 0 Å². The summed E-state index contributed by atoms with van der Waals surface area (Å²) in [6.45, 7) is 1.73. The zero-order valence-electron chi connectivity index (χ0n) is 14.7. The lowest BCUT2D eigenvalue weighted by Gasteiger charge is -2.27. The van der Waals surface area contributed by atoms with Crippen molar-refractivity contribution in [2.24, 2.45) is 13.0 Å². The zero-order chi connectivity index (χ0) is 17.8. The maximum atomic E-state index is 13.1. The van der Waals surface area contributed by atoms with Gasteiger partial charge < -0.3 is 10.0 Å². The van der Waals surface area contributed by atoms with Crippen LogP contribution in [0.5, 0.6) is 0 Å². The molecule has 1 aromatic carbocycles. The summed E-state index contributed by atoms with van der Waals surface area (Å²) in [6.07, 6.45) is 1.67. The van der Waals surface area contributed by atoms with E-state index in [9.17, 15) is 9.90 Å². The molecule has 0 bridgehead atoms. The third-order valence-corrected chi connectivity index (χ3v) is 5.44. The lowest BCUT2D eigenvalue weighted by atomic mass is 10.1. The predicted molar refractivity (Wildman–Crippen MR) is 95.4 cm³/mol. The number of carbonyl (C=O) groups is 1. The first kappa shape index (κ1) is 15.6. The minimum atomic E-state index is -0.475. The summed E-state index contributed by atoms with van der Waals surface area (Å²) < 4.78 is 3.67. The number of nitrogens with zero attached hydrogens (tertiary/aromatic N) is 5. The van der Waals surface area contributed by atoms with Gasteiger partial charge in [0.25, 0.3) is 5.91 Å². The van der Waals surface area contributed by atoms with Crippen LogP contribution >= 0.6 is 0 Å². The second-order valence-corrected chi connectivity index (χ2v) is 7.28. The molecule has 1 N–H and O–H groups in total.